The number of urea groups is 1. The minimum Gasteiger partial charge on any atom is -0.344 e. The molecule has 1 spiro atoms. The Balaban J connectivity index is 1.93. The molecule has 0 aromatic heterocycles. The van der Waals surface area contributed by atoms with E-state index < -0.39 is 29.3 Å². The second-order valence-corrected chi connectivity index (χ2v) is 6.14. The number of rotatable bonds is 1. The van der Waals surface area contributed by atoms with Crippen LogP contribution in [0.2, 0.25) is 0 Å². The standard InChI is InChI=1S/C14H19N3O4/c1-16-8-5-9(10(16)18)17-12(20)14(6-3-2-4-7-14)11(19)15-13(17)21/h9H,2-8H2,1H3,(H,15,19,21). The van der Waals surface area contributed by atoms with E-state index in [0.717, 1.165) is 24.2 Å². The van der Waals surface area contributed by atoms with Crippen LogP contribution in [0.5, 0.6) is 0 Å². The summed E-state index contributed by atoms with van der Waals surface area (Å²) in [4.78, 5) is 51.8. The molecular weight excluding hydrogens is 274 g/mol. The molecular formula is C14H19N3O4. The van der Waals surface area contributed by atoms with Gasteiger partial charge in [0.15, 0.2) is 0 Å². The van der Waals surface area contributed by atoms with Crippen molar-refractivity contribution in [1.82, 2.24) is 15.1 Å². The van der Waals surface area contributed by atoms with Gasteiger partial charge in [0.1, 0.15) is 11.5 Å². The van der Waals surface area contributed by atoms with E-state index in [0.29, 0.717) is 25.8 Å². The Labute approximate surface area is 122 Å². The number of nitrogens with zero attached hydrogens (tertiary/aromatic N) is 2. The summed E-state index contributed by atoms with van der Waals surface area (Å²) in [5.74, 6) is -1.21. The van der Waals surface area contributed by atoms with Gasteiger partial charge in [0.05, 0.1) is 0 Å². The van der Waals surface area contributed by atoms with Crippen molar-refractivity contribution in [3.8, 4) is 0 Å². The second kappa shape index (κ2) is 4.82. The van der Waals surface area contributed by atoms with Crippen molar-refractivity contribution in [3.63, 3.8) is 0 Å². The number of likely N-dealkylation sites (N-methyl/N-ethyl adjacent to an activating group) is 1. The van der Waals surface area contributed by atoms with Gasteiger partial charge in [0.25, 0.3) is 0 Å². The van der Waals surface area contributed by atoms with Crippen molar-refractivity contribution in [2.45, 2.75) is 44.6 Å². The van der Waals surface area contributed by atoms with E-state index in [1.807, 2.05) is 0 Å². The van der Waals surface area contributed by atoms with Gasteiger partial charge >= 0.3 is 6.03 Å². The molecule has 3 aliphatic rings. The molecule has 7 heteroatoms. The third kappa shape index (κ3) is 1.94. The minimum atomic E-state index is -1.15. The smallest absolute Gasteiger partial charge is 0.331 e. The van der Waals surface area contributed by atoms with Crippen molar-refractivity contribution < 1.29 is 19.2 Å². The highest BCUT2D eigenvalue weighted by Crippen LogP contribution is 2.41. The van der Waals surface area contributed by atoms with Gasteiger partial charge in [-0.1, -0.05) is 19.3 Å². The second-order valence-electron chi connectivity index (χ2n) is 6.14. The van der Waals surface area contributed by atoms with Gasteiger partial charge in [-0.15, -0.1) is 0 Å². The van der Waals surface area contributed by atoms with Crippen LogP contribution in [-0.4, -0.2) is 53.2 Å². The Hall–Kier alpha value is -1.92. The number of amides is 5. The van der Waals surface area contributed by atoms with Crippen molar-refractivity contribution in [1.29, 1.82) is 0 Å². The van der Waals surface area contributed by atoms with Crippen LogP contribution in [0.1, 0.15) is 38.5 Å². The number of carbonyl (C=O) groups excluding carboxylic acids is 4. The van der Waals surface area contributed by atoms with Gasteiger partial charge in [-0.25, -0.2) is 4.79 Å². The Kier molecular flexibility index (Phi) is 3.22. The van der Waals surface area contributed by atoms with Gasteiger partial charge in [-0.3, -0.25) is 24.6 Å². The summed E-state index contributed by atoms with van der Waals surface area (Å²) in [5, 5.41) is 2.29. The fourth-order valence-electron chi connectivity index (χ4n) is 3.62. The number of barbiturate groups is 1. The van der Waals surface area contributed by atoms with Gasteiger partial charge in [0, 0.05) is 13.6 Å². The molecule has 2 heterocycles. The maximum absolute atomic E-state index is 12.8. The third-order valence-corrected chi connectivity index (χ3v) is 4.92. The van der Waals surface area contributed by atoms with Crippen LogP contribution in [0, 0.1) is 5.41 Å². The summed E-state index contributed by atoms with van der Waals surface area (Å²) in [6, 6.07) is -1.52. The van der Waals surface area contributed by atoms with E-state index in [2.05, 4.69) is 5.32 Å². The summed E-state index contributed by atoms with van der Waals surface area (Å²) >= 11 is 0. The number of imide groups is 2. The van der Waals surface area contributed by atoms with Crippen LogP contribution < -0.4 is 5.32 Å². The van der Waals surface area contributed by atoms with Crippen molar-refractivity contribution >= 4 is 23.8 Å². The van der Waals surface area contributed by atoms with Crippen LogP contribution in [0.3, 0.4) is 0 Å². The maximum atomic E-state index is 12.8. The zero-order chi connectivity index (χ0) is 15.2. The molecule has 1 saturated carbocycles. The van der Waals surface area contributed by atoms with E-state index in [1.165, 1.54) is 4.90 Å². The summed E-state index contributed by atoms with van der Waals surface area (Å²) < 4.78 is 0. The molecule has 1 aliphatic carbocycles. The number of likely N-dealkylation sites (tertiary alicyclic amines) is 1. The monoisotopic (exact) mass is 293 g/mol. The van der Waals surface area contributed by atoms with Crippen molar-refractivity contribution in [2.24, 2.45) is 5.41 Å². The summed E-state index contributed by atoms with van der Waals surface area (Å²) in [5.41, 5.74) is -1.15. The largest absolute Gasteiger partial charge is 0.344 e. The Morgan fingerprint density at radius 2 is 1.76 bits per heavy atom. The van der Waals surface area contributed by atoms with Crippen LogP contribution in [0.15, 0.2) is 0 Å². The highest BCUT2D eigenvalue weighted by Gasteiger charge is 2.56. The summed E-state index contributed by atoms with van der Waals surface area (Å²) in [7, 11) is 1.65. The molecule has 2 saturated heterocycles. The van der Waals surface area contributed by atoms with E-state index in [4.69, 9.17) is 0 Å². The molecule has 7 nitrogen and oxygen atoms in total. The van der Waals surface area contributed by atoms with E-state index in [-0.39, 0.29) is 5.91 Å². The Bertz CT molecular complexity index is 524. The zero-order valence-electron chi connectivity index (χ0n) is 12.1. The lowest BCUT2D eigenvalue weighted by molar-refractivity contribution is -0.157. The van der Waals surface area contributed by atoms with Crippen LogP contribution in [-0.2, 0) is 14.4 Å². The molecule has 1 unspecified atom stereocenters. The fraction of sp³-hybridized carbons (Fsp3) is 0.714. The van der Waals surface area contributed by atoms with Crippen LogP contribution in [0.25, 0.3) is 0 Å². The average molecular weight is 293 g/mol. The molecule has 3 fully saturated rings. The lowest BCUT2D eigenvalue weighted by Gasteiger charge is -2.42. The molecule has 0 aromatic rings. The number of hydrogen-bond donors (Lipinski definition) is 1. The minimum absolute atomic E-state index is 0.237. The third-order valence-electron chi connectivity index (χ3n) is 4.92. The lowest BCUT2D eigenvalue weighted by Crippen LogP contribution is -2.67. The van der Waals surface area contributed by atoms with Crippen LogP contribution >= 0.6 is 0 Å². The molecule has 21 heavy (non-hydrogen) atoms. The normalized spacial score (nSPS) is 29.3. The van der Waals surface area contributed by atoms with Crippen LogP contribution in [0.4, 0.5) is 4.79 Å². The van der Waals surface area contributed by atoms with Crippen molar-refractivity contribution in [3.05, 3.63) is 0 Å². The molecule has 1 atom stereocenters. The molecule has 0 bridgehead atoms. The van der Waals surface area contributed by atoms with Gasteiger partial charge in [-0.05, 0) is 19.3 Å². The first-order valence-corrected chi connectivity index (χ1v) is 7.41. The van der Waals surface area contributed by atoms with Gasteiger partial charge < -0.3 is 4.90 Å². The average Bonchev–Trinajstić information content (AvgIpc) is 2.79. The first kappa shape index (κ1) is 14.0. The highest BCUT2D eigenvalue weighted by molar-refractivity contribution is 6.20. The van der Waals surface area contributed by atoms with E-state index in [1.54, 1.807) is 7.05 Å². The van der Waals surface area contributed by atoms with Gasteiger partial charge in [-0.2, -0.15) is 0 Å². The quantitative estimate of drug-likeness (QED) is 0.702. The number of nitrogens with one attached hydrogen (secondary N) is 1. The number of hydrogen-bond acceptors (Lipinski definition) is 4. The van der Waals surface area contributed by atoms with E-state index in [9.17, 15) is 19.2 Å². The molecule has 2 aliphatic heterocycles. The molecule has 5 amide bonds. The molecule has 114 valence electrons. The summed E-state index contributed by atoms with van der Waals surface area (Å²) in [6.07, 6.45) is 3.91. The maximum Gasteiger partial charge on any atom is 0.331 e. The Morgan fingerprint density at radius 3 is 2.33 bits per heavy atom. The first-order valence-electron chi connectivity index (χ1n) is 7.41. The number of carbonyl (C=O) groups is 4. The fourth-order valence-corrected chi connectivity index (χ4v) is 3.62. The SMILES string of the molecule is CN1CCC(N2C(=O)NC(=O)C3(CCCCC3)C2=O)C1=O. The molecule has 0 aromatic carbocycles. The predicted octanol–water partition coefficient (Wildman–Crippen LogP) is 0.246. The zero-order valence-corrected chi connectivity index (χ0v) is 12.1. The lowest BCUT2D eigenvalue weighted by atomic mass is 9.71. The topological polar surface area (TPSA) is 86.8 Å². The van der Waals surface area contributed by atoms with Gasteiger partial charge in [0.2, 0.25) is 17.7 Å². The highest BCUT2D eigenvalue weighted by atomic mass is 16.2. The molecule has 1 N–H and O–H groups in total. The van der Waals surface area contributed by atoms with Crippen molar-refractivity contribution in [2.75, 3.05) is 13.6 Å². The predicted molar refractivity (Wildman–Crippen MR) is 71.9 cm³/mol. The first-order chi connectivity index (χ1) is 9.97. The summed E-state index contributed by atoms with van der Waals surface area (Å²) in [6.45, 7) is 0.515. The molecule has 0 radical (unpaired) electrons. The molecule has 3 rings (SSSR count). The van der Waals surface area contributed by atoms with E-state index >= 15 is 0 Å². The Morgan fingerprint density at radius 1 is 1.10 bits per heavy atom.